The van der Waals surface area contributed by atoms with Crippen LogP contribution in [0.1, 0.15) is 46.1 Å². The molecule has 0 spiro atoms. The quantitative estimate of drug-likeness (QED) is 0.362. The number of nitrogens with one attached hydrogen (secondary N) is 2. The van der Waals surface area contributed by atoms with Crippen molar-refractivity contribution in [3.63, 3.8) is 0 Å². The molecule has 0 aliphatic heterocycles. The van der Waals surface area contributed by atoms with Crippen molar-refractivity contribution in [1.82, 2.24) is 25.8 Å². The molecule has 0 aliphatic carbocycles. The summed E-state index contributed by atoms with van der Waals surface area (Å²) >= 11 is 0. The molecule has 0 saturated heterocycles. The lowest BCUT2D eigenvalue weighted by Crippen LogP contribution is -2.54. The summed E-state index contributed by atoms with van der Waals surface area (Å²) in [7, 11) is 0. The van der Waals surface area contributed by atoms with Crippen molar-refractivity contribution in [2.45, 2.75) is 59.2 Å². The van der Waals surface area contributed by atoms with Gasteiger partial charge in [-0.05, 0) is 41.2 Å². The Morgan fingerprint density at radius 3 is 2.38 bits per heavy atom. The SMILES string of the molecule is CCC(C)C(NC(=O)C(CC(C)C)NC(=O)OCc1ccccc1)C(=O)COn1nnc2ccccc21. The molecule has 0 aliphatic rings. The first-order valence-corrected chi connectivity index (χ1v) is 12.5. The lowest BCUT2D eigenvalue weighted by molar-refractivity contribution is -0.133. The Labute approximate surface area is 216 Å². The van der Waals surface area contributed by atoms with Crippen LogP contribution in [0.5, 0.6) is 0 Å². The van der Waals surface area contributed by atoms with Crippen LogP contribution in [-0.4, -0.2) is 51.6 Å². The number of hydrogen-bond donors (Lipinski definition) is 2. The summed E-state index contributed by atoms with van der Waals surface area (Å²) in [4.78, 5) is 45.6. The van der Waals surface area contributed by atoms with Crippen molar-refractivity contribution in [1.29, 1.82) is 0 Å². The van der Waals surface area contributed by atoms with Crippen LogP contribution in [0.2, 0.25) is 0 Å². The molecule has 1 heterocycles. The van der Waals surface area contributed by atoms with Crippen molar-refractivity contribution < 1.29 is 24.0 Å². The van der Waals surface area contributed by atoms with Gasteiger partial charge in [-0.3, -0.25) is 9.59 Å². The molecule has 2 aromatic carbocycles. The van der Waals surface area contributed by atoms with Crippen LogP contribution < -0.4 is 15.5 Å². The summed E-state index contributed by atoms with van der Waals surface area (Å²) in [5, 5.41) is 13.4. The maximum absolute atomic E-state index is 13.2. The van der Waals surface area contributed by atoms with Crippen LogP contribution in [0.15, 0.2) is 54.6 Å². The molecule has 0 radical (unpaired) electrons. The Morgan fingerprint density at radius 1 is 0.973 bits per heavy atom. The first-order valence-electron chi connectivity index (χ1n) is 12.5. The number of amides is 2. The molecule has 0 fully saturated rings. The minimum Gasteiger partial charge on any atom is -0.445 e. The fraction of sp³-hybridized carbons (Fsp3) is 0.444. The molecule has 2 N–H and O–H groups in total. The number of carbonyl (C=O) groups excluding carboxylic acids is 3. The highest BCUT2D eigenvalue weighted by molar-refractivity contribution is 5.93. The number of para-hydroxylation sites is 1. The molecule has 3 rings (SSSR count). The number of rotatable bonds is 13. The summed E-state index contributed by atoms with van der Waals surface area (Å²) in [5.41, 5.74) is 2.11. The van der Waals surface area contributed by atoms with E-state index in [0.717, 1.165) is 5.56 Å². The fourth-order valence-corrected chi connectivity index (χ4v) is 3.80. The van der Waals surface area contributed by atoms with E-state index in [1.54, 1.807) is 12.1 Å². The van der Waals surface area contributed by atoms with Crippen LogP contribution in [0.3, 0.4) is 0 Å². The van der Waals surface area contributed by atoms with Crippen molar-refractivity contribution >= 4 is 28.8 Å². The van der Waals surface area contributed by atoms with Gasteiger partial charge in [0.2, 0.25) is 5.91 Å². The predicted octanol–water partition coefficient (Wildman–Crippen LogP) is 3.30. The van der Waals surface area contributed by atoms with E-state index in [1.807, 2.05) is 70.2 Å². The maximum Gasteiger partial charge on any atom is 0.408 e. The van der Waals surface area contributed by atoms with E-state index in [4.69, 9.17) is 9.57 Å². The number of Topliss-reactive ketones (excluding diaryl/α,β-unsaturated/α-hetero) is 1. The van der Waals surface area contributed by atoms with E-state index in [2.05, 4.69) is 20.9 Å². The molecule has 10 heteroatoms. The van der Waals surface area contributed by atoms with Gasteiger partial charge in [-0.15, -0.1) is 5.10 Å². The van der Waals surface area contributed by atoms with Crippen LogP contribution in [-0.2, 0) is 20.9 Å². The topological polar surface area (TPSA) is 124 Å². The van der Waals surface area contributed by atoms with Gasteiger partial charge in [0, 0.05) is 0 Å². The number of ketones is 1. The number of benzene rings is 2. The second-order valence-electron chi connectivity index (χ2n) is 9.45. The largest absolute Gasteiger partial charge is 0.445 e. The highest BCUT2D eigenvalue weighted by Gasteiger charge is 2.31. The van der Waals surface area contributed by atoms with Crippen molar-refractivity contribution in [2.24, 2.45) is 11.8 Å². The van der Waals surface area contributed by atoms with Crippen molar-refractivity contribution in [3.8, 4) is 0 Å². The normalized spacial score (nSPS) is 13.5. The zero-order valence-electron chi connectivity index (χ0n) is 21.7. The molecule has 0 saturated carbocycles. The molecular weight excluding hydrogens is 474 g/mol. The van der Waals surface area contributed by atoms with Gasteiger partial charge in [-0.25, -0.2) is 4.79 Å². The Balaban J connectivity index is 1.63. The number of hydrogen-bond acceptors (Lipinski definition) is 7. The fourth-order valence-electron chi connectivity index (χ4n) is 3.80. The molecule has 3 atom stereocenters. The number of ether oxygens (including phenoxy) is 1. The van der Waals surface area contributed by atoms with E-state index in [9.17, 15) is 14.4 Å². The molecular formula is C27H35N5O5. The first kappa shape index (κ1) is 27.6. The van der Waals surface area contributed by atoms with Gasteiger partial charge >= 0.3 is 6.09 Å². The molecule has 10 nitrogen and oxygen atoms in total. The Hall–Kier alpha value is -3.95. The Kier molecular flexibility index (Phi) is 10.00. The molecule has 1 aromatic heterocycles. The Bertz CT molecular complexity index is 1180. The Morgan fingerprint density at radius 2 is 1.68 bits per heavy atom. The number of fused-ring (bicyclic) bond motifs is 1. The molecule has 3 unspecified atom stereocenters. The summed E-state index contributed by atoms with van der Waals surface area (Å²) in [6, 6.07) is 14.8. The van der Waals surface area contributed by atoms with Gasteiger partial charge < -0.3 is 20.2 Å². The summed E-state index contributed by atoms with van der Waals surface area (Å²) in [6.07, 6.45) is 0.344. The van der Waals surface area contributed by atoms with Crippen LogP contribution >= 0.6 is 0 Å². The number of nitrogens with zero attached hydrogens (tertiary/aromatic N) is 3. The lowest BCUT2D eigenvalue weighted by Gasteiger charge is -2.26. The van der Waals surface area contributed by atoms with Crippen LogP contribution in [0.25, 0.3) is 11.0 Å². The third-order valence-corrected chi connectivity index (χ3v) is 6.04. The monoisotopic (exact) mass is 509 g/mol. The van der Waals surface area contributed by atoms with Gasteiger partial charge in [0.15, 0.2) is 12.4 Å². The van der Waals surface area contributed by atoms with Crippen molar-refractivity contribution in [3.05, 3.63) is 60.2 Å². The predicted molar refractivity (Wildman–Crippen MR) is 138 cm³/mol. The molecule has 37 heavy (non-hydrogen) atoms. The average molecular weight is 510 g/mol. The number of alkyl carbamates (subject to hydrolysis) is 1. The minimum absolute atomic E-state index is 0.0883. The molecule has 0 bridgehead atoms. The molecule has 198 valence electrons. The van der Waals surface area contributed by atoms with Crippen LogP contribution in [0.4, 0.5) is 4.79 Å². The van der Waals surface area contributed by atoms with E-state index in [1.165, 1.54) is 4.85 Å². The van der Waals surface area contributed by atoms with Gasteiger partial charge in [0.25, 0.3) is 0 Å². The summed E-state index contributed by atoms with van der Waals surface area (Å²) in [6.45, 7) is 7.51. The highest BCUT2D eigenvalue weighted by Crippen LogP contribution is 2.13. The maximum atomic E-state index is 13.2. The zero-order valence-corrected chi connectivity index (χ0v) is 21.7. The number of carbonyl (C=O) groups is 3. The van der Waals surface area contributed by atoms with E-state index >= 15 is 0 Å². The van der Waals surface area contributed by atoms with Gasteiger partial charge in [0.1, 0.15) is 23.7 Å². The van der Waals surface area contributed by atoms with E-state index in [0.29, 0.717) is 23.9 Å². The summed E-state index contributed by atoms with van der Waals surface area (Å²) < 4.78 is 5.29. The molecule has 3 aromatic rings. The molecule has 2 amide bonds. The average Bonchev–Trinajstić information content (AvgIpc) is 3.31. The minimum atomic E-state index is -0.859. The smallest absolute Gasteiger partial charge is 0.408 e. The highest BCUT2D eigenvalue weighted by atomic mass is 16.7. The van der Waals surface area contributed by atoms with Gasteiger partial charge in [-0.2, -0.15) is 0 Å². The summed E-state index contributed by atoms with van der Waals surface area (Å²) in [5.74, 6) is -0.795. The van der Waals surface area contributed by atoms with Gasteiger partial charge in [0.05, 0.1) is 6.04 Å². The third-order valence-electron chi connectivity index (χ3n) is 6.04. The third kappa shape index (κ3) is 8.03. The lowest BCUT2D eigenvalue weighted by atomic mass is 9.94. The van der Waals surface area contributed by atoms with Crippen LogP contribution in [0, 0.1) is 11.8 Å². The first-order chi connectivity index (χ1) is 17.8. The number of aromatic nitrogens is 3. The van der Waals surface area contributed by atoms with Crippen molar-refractivity contribution in [2.75, 3.05) is 6.61 Å². The standard InChI is InChI=1S/C27H35N5O5/c1-5-19(4)25(24(33)17-37-32-23-14-10-9-13-21(23)30-31-32)29-26(34)22(15-18(2)3)28-27(35)36-16-20-11-7-6-8-12-20/h6-14,18-19,22,25H,5,15-17H2,1-4H3,(H,28,35)(H,29,34). The van der Waals surface area contributed by atoms with Gasteiger partial charge in [-0.1, -0.05) is 81.4 Å². The van der Waals surface area contributed by atoms with E-state index in [-0.39, 0.29) is 30.8 Å². The zero-order chi connectivity index (χ0) is 26.8. The second kappa shape index (κ2) is 13.4. The van der Waals surface area contributed by atoms with E-state index < -0.39 is 24.1 Å². The second-order valence-corrected chi connectivity index (χ2v) is 9.45.